The molecule has 6 atom stereocenters. The number of aliphatic hydroxyl groups excluding tert-OH is 1. The zero-order chi connectivity index (χ0) is 49.2. The van der Waals surface area contributed by atoms with Gasteiger partial charge in [-0.2, -0.15) is 4.98 Å². The second-order valence-corrected chi connectivity index (χ2v) is 17.7. The van der Waals surface area contributed by atoms with E-state index >= 15 is 0 Å². The van der Waals surface area contributed by atoms with E-state index in [1.54, 1.807) is 45.2 Å². The third kappa shape index (κ3) is 12.5. The minimum Gasteiger partial charge on any atom is -0.439 e. The van der Waals surface area contributed by atoms with Crippen molar-refractivity contribution in [1.29, 1.82) is 0 Å². The van der Waals surface area contributed by atoms with Crippen LogP contribution in [0.3, 0.4) is 0 Å². The molecule has 0 radical (unpaired) electrons. The molecule has 6 rings (SSSR count). The monoisotopic (exact) mass is 937 g/mol. The van der Waals surface area contributed by atoms with Crippen LogP contribution in [-0.2, 0) is 41.4 Å². The van der Waals surface area contributed by atoms with E-state index in [0.717, 1.165) is 17.2 Å². The average Bonchev–Trinajstić information content (AvgIpc) is 3.73. The van der Waals surface area contributed by atoms with E-state index in [1.165, 1.54) is 20.3 Å². The molecule has 0 spiro atoms. The smallest absolute Gasteiger partial charge is 0.405 e. The van der Waals surface area contributed by atoms with Crippen LogP contribution in [0.4, 0.5) is 10.7 Å². The van der Waals surface area contributed by atoms with Crippen LogP contribution in [0.1, 0.15) is 62.0 Å². The normalized spacial score (nSPS) is 25.8. The summed E-state index contributed by atoms with van der Waals surface area (Å²) in [7, 11) is 2.92. The van der Waals surface area contributed by atoms with Gasteiger partial charge in [-0.05, 0) is 74.3 Å². The Morgan fingerprint density at radius 1 is 1.00 bits per heavy atom. The van der Waals surface area contributed by atoms with Gasteiger partial charge in [-0.3, -0.25) is 33.9 Å². The summed E-state index contributed by atoms with van der Waals surface area (Å²) in [5.74, 6) is -2.36. The summed E-state index contributed by atoms with van der Waals surface area (Å²) in [4.78, 5) is 92.9. The molecule has 1 aliphatic carbocycles. The lowest BCUT2D eigenvalue weighted by molar-refractivity contribution is -0.120. The van der Waals surface area contributed by atoms with Crippen molar-refractivity contribution in [3.05, 3.63) is 116 Å². The molecule has 0 unspecified atom stereocenters. The molecular weight excluding hydrogens is 875 g/mol. The molecule has 3 aliphatic rings. The molecule has 2 bridgehead atoms. The number of rotatable bonds is 11. The van der Waals surface area contributed by atoms with Crippen molar-refractivity contribution in [2.45, 2.75) is 77.8 Å². The van der Waals surface area contributed by atoms with Crippen molar-refractivity contribution in [3.8, 4) is 0 Å². The number of nitrogens with zero attached hydrogens (tertiary/aromatic N) is 3. The first-order valence-corrected chi connectivity index (χ1v) is 22.8. The number of allylic oxidation sites excluding steroid dienone is 4. The summed E-state index contributed by atoms with van der Waals surface area (Å²) >= 11 is 0. The number of benzene rings is 1. The predicted octanol–water partition coefficient (Wildman–Crippen LogP) is 2.74. The van der Waals surface area contributed by atoms with Crippen molar-refractivity contribution in [2.75, 3.05) is 59.2 Å². The molecule has 364 valence electrons. The van der Waals surface area contributed by atoms with Crippen molar-refractivity contribution < 1.29 is 43.3 Å². The second-order valence-electron chi connectivity index (χ2n) is 17.7. The number of primary amides is 1. The number of aliphatic hydroxyl groups is 1. The topological polar surface area (TPSA) is 277 Å². The number of aromatic nitrogens is 3. The molecule has 19 nitrogen and oxygen atoms in total. The maximum Gasteiger partial charge on any atom is 0.405 e. The van der Waals surface area contributed by atoms with Crippen LogP contribution in [0.25, 0.3) is 11.0 Å². The first kappa shape index (κ1) is 50.7. The number of ketones is 2. The summed E-state index contributed by atoms with van der Waals surface area (Å²) in [6.45, 7) is 10.0. The number of nitrogens with two attached hydrogens (primary N) is 2. The SMILES string of the molecule is CO[C@H]1/C=C\C=C(/C)C(=O)NC2=CC(=O)C(NCCN3CCN(C(=O)c4ccc(CCc5c[nH]c6nc(N)[nH]c(=O)c56)cc4)CC3)=C(C[C@@H](C)C[C@H](OC)[C@@H](O)[C@@H](C)/C=C(\C)[C@@H]1OC(N)=O)C2=O. The van der Waals surface area contributed by atoms with Gasteiger partial charge in [-0.1, -0.05) is 50.3 Å². The maximum absolute atomic E-state index is 14.2. The number of nitrogen functional groups attached to an aromatic ring is 1. The van der Waals surface area contributed by atoms with Gasteiger partial charge in [0.05, 0.1) is 29.0 Å². The first-order valence-electron chi connectivity index (χ1n) is 22.8. The molecule has 2 aromatic heterocycles. The molecule has 1 saturated heterocycles. The van der Waals surface area contributed by atoms with E-state index < -0.39 is 53.9 Å². The summed E-state index contributed by atoms with van der Waals surface area (Å²) in [6, 6.07) is 7.49. The van der Waals surface area contributed by atoms with E-state index in [1.807, 2.05) is 36.1 Å². The van der Waals surface area contributed by atoms with Crippen molar-refractivity contribution in [2.24, 2.45) is 17.6 Å². The third-order valence-electron chi connectivity index (χ3n) is 12.7. The standard InChI is InChI=1S/C49H63N9O10/c1-27-22-34-40(52-16-17-57-18-20-58(21-19-57)47(64)32-13-10-31(11-14-32)12-15-33-26-53-44-39(33)46(63)56-48(50)55-44)36(59)25-35(42(34)61)54-45(62)28(2)8-7-9-37(66-5)43(68-49(51)65)30(4)24-29(3)41(60)38(23-27)67-6/h7-11,13-14,24-27,29,37-38,41,43,52,60H,12,15-23H2,1-6H3,(H2,51,65)(H,54,62)(H4,50,53,55,56,63)/b9-7-,28-8+,30-24+/t27-,29+,37+,38+,41+,43+/m1/s1. The lowest BCUT2D eigenvalue weighted by Gasteiger charge is -2.35. The number of aryl methyl sites for hydroxylation is 2. The van der Waals surface area contributed by atoms with E-state index in [-0.39, 0.29) is 52.3 Å². The van der Waals surface area contributed by atoms with E-state index in [2.05, 4.69) is 30.5 Å². The summed E-state index contributed by atoms with van der Waals surface area (Å²) in [5, 5.41) is 17.9. The second kappa shape index (κ2) is 22.9. The maximum atomic E-state index is 14.2. The van der Waals surface area contributed by atoms with Gasteiger partial charge in [0.2, 0.25) is 17.5 Å². The molecule has 2 aliphatic heterocycles. The van der Waals surface area contributed by atoms with Crippen LogP contribution >= 0.6 is 0 Å². The number of carbonyl (C=O) groups excluding carboxylic acids is 5. The van der Waals surface area contributed by atoms with Crippen LogP contribution in [-0.4, -0.2) is 137 Å². The lowest BCUT2D eigenvalue weighted by Crippen LogP contribution is -2.50. The molecule has 9 N–H and O–H groups in total. The fraction of sp³-hybridized carbons (Fsp3) is 0.449. The number of carbonyl (C=O) groups is 5. The Bertz CT molecular complexity index is 2580. The highest BCUT2D eigenvalue weighted by Gasteiger charge is 2.34. The number of amides is 3. The highest BCUT2D eigenvalue weighted by Crippen LogP contribution is 2.29. The number of ether oxygens (including phenoxy) is 3. The van der Waals surface area contributed by atoms with Crippen LogP contribution in [0.2, 0.25) is 0 Å². The zero-order valence-electron chi connectivity index (χ0n) is 39.4. The first-order chi connectivity index (χ1) is 32.5. The van der Waals surface area contributed by atoms with Crippen LogP contribution in [0, 0.1) is 11.8 Å². The Morgan fingerprint density at radius 3 is 2.40 bits per heavy atom. The number of hydrogen-bond donors (Lipinski definition) is 7. The lowest BCUT2D eigenvalue weighted by atomic mass is 9.85. The zero-order valence-corrected chi connectivity index (χ0v) is 39.4. The Balaban J connectivity index is 1.09. The number of methoxy groups -OCH3 is 2. The molecular formula is C49H63N9O10. The summed E-state index contributed by atoms with van der Waals surface area (Å²) in [5.41, 5.74) is 14.6. The summed E-state index contributed by atoms with van der Waals surface area (Å²) in [6.07, 6.45) is 6.50. The Morgan fingerprint density at radius 2 is 1.72 bits per heavy atom. The van der Waals surface area contributed by atoms with Crippen LogP contribution in [0.5, 0.6) is 0 Å². The fourth-order valence-electron chi connectivity index (χ4n) is 8.89. The molecule has 3 aromatic rings. The molecule has 3 amide bonds. The van der Waals surface area contributed by atoms with E-state index in [4.69, 9.17) is 25.7 Å². The van der Waals surface area contributed by atoms with Crippen molar-refractivity contribution >= 4 is 46.5 Å². The number of nitrogens with one attached hydrogen (secondary N) is 4. The number of anilines is 1. The minimum absolute atomic E-state index is 0.0517. The highest BCUT2D eigenvalue weighted by atomic mass is 16.6. The quantitative estimate of drug-likeness (QED) is 0.108. The Labute approximate surface area is 394 Å². The number of piperazine rings is 1. The molecule has 0 saturated carbocycles. The van der Waals surface area contributed by atoms with Gasteiger partial charge in [0.1, 0.15) is 11.8 Å². The third-order valence-corrected chi connectivity index (χ3v) is 12.7. The minimum atomic E-state index is -1.02. The Hall–Kier alpha value is -6.67. The van der Waals surface area contributed by atoms with Gasteiger partial charge in [0.25, 0.3) is 17.4 Å². The number of aromatic amines is 2. The Kier molecular flexibility index (Phi) is 17.1. The van der Waals surface area contributed by atoms with Gasteiger partial charge < -0.3 is 51.3 Å². The fourth-order valence-corrected chi connectivity index (χ4v) is 8.89. The average molecular weight is 938 g/mol. The van der Waals surface area contributed by atoms with E-state index in [0.29, 0.717) is 80.7 Å². The molecule has 68 heavy (non-hydrogen) atoms. The van der Waals surface area contributed by atoms with Gasteiger partial charge in [-0.15, -0.1) is 0 Å². The van der Waals surface area contributed by atoms with E-state index in [9.17, 15) is 33.9 Å². The van der Waals surface area contributed by atoms with Crippen molar-refractivity contribution in [1.82, 2.24) is 35.4 Å². The van der Waals surface area contributed by atoms with Crippen LogP contribution < -0.4 is 27.7 Å². The number of hydrogen-bond acceptors (Lipinski definition) is 14. The number of H-pyrrole nitrogens is 2. The van der Waals surface area contributed by atoms with Crippen molar-refractivity contribution in [3.63, 3.8) is 0 Å². The van der Waals surface area contributed by atoms with Gasteiger partial charge in [-0.25, -0.2) is 4.79 Å². The van der Waals surface area contributed by atoms with Gasteiger partial charge in [0.15, 0.2) is 6.10 Å². The summed E-state index contributed by atoms with van der Waals surface area (Å²) < 4.78 is 16.8. The van der Waals surface area contributed by atoms with Gasteiger partial charge >= 0.3 is 6.09 Å². The molecule has 1 aromatic carbocycles. The largest absolute Gasteiger partial charge is 0.439 e. The molecule has 19 heteroatoms. The van der Waals surface area contributed by atoms with Crippen LogP contribution in [0.15, 0.2) is 93.8 Å². The highest BCUT2D eigenvalue weighted by molar-refractivity contribution is 6.23. The molecule has 1 fully saturated rings. The predicted molar refractivity (Wildman–Crippen MR) is 255 cm³/mol. The molecule has 4 heterocycles. The van der Waals surface area contributed by atoms with Gasteiger partial charge in [0, 0.05) is 88.4 Å². The number of Topliss-reactive ketones (excluding diaryl/α,β-unsaturated/α-hetero) is 1. The number of fused-ring (bicyclic) bond motifs is 3.